The maximum absolute atomic E-state index is 12.6. The van der Waals surface area contributed by atoms with Crippen molar-refractivity contribution in [2.45, 2.75) is 37.8 Å². The number of H-pyrrole nitrogens is 1. The number of thioether (sulfide) groups is 1. The first-order valence-electron chi connectivity index (χ1n) is 9.41. The van der Waals surface area contributed by atoms with Crippen LogP contribution in [0.1, 0.15) is 56.3 Å². The number of nitrogens with one attached hydrogen (secondary N) is 2. The van der Waals surface area contributed by atoms with Gasteiger partial charge in [-0.1, -0.05) is 0 Å². The fourth-order valence-corrected chi connectivity index (χ4v) is 4.13. The summed E-state index contributed by atoms with van der Waals surface area (Å²) in [5, 5.41) is 2.54. The molecule has 0 radical (unpaired) electrons. The zero-order valence-electron chi connectivity index (χ0n) is 17.1. The number of ether oxygens (including phenoxy) is 2. The molecule has 1 aromatic carbocycles. The lowest BCUT2D eigenvalue weighted by atomic mass is 10.1. The molecule has 0 spiro atoms. The molecule has 0 aliphatic carbocycles. The van der Waals surface area contributed by atoms with Crippen LogP contribution in [0.2, 0.25) is 0 Å². The van der Waals surface area contributed by atoms with E-state index in [0.29, 0.717) is 22.5 Å². The maximum Gasteiger partial charge on any atom is 0.355 e. The summed E-state index contributed by atoms with van der Waals surface area (Å²) in [6.07, 6.45) is 0. The molecule has 1 aromatic heterocycles. The predicted octanol–water partition coefficient (Wildman–Crippen LogP) is 3.28. The number of esters is 2. The number of anilines is 1. The van der Waals surface area contributed by atoms with E-state index in [1.807, 2.05) is 0 Å². The molecule has 1 aliphatic rings. The topological polar surface area (TPSA) is 115 Å². The molecule has 2 aromatic rings. The van der Waals surface area contributed by atoms with E-state index in [1.54, 1.807) is 39.8 Å². The number of aromatic amines is 1. The standard InChI is InChI=1S/C21H22N2O6S/c1-5-28-21(27)18-10(2)17(11(3)22-18)15(24)9-29-20(26)13-6-7-16-14(8-13)23-19(25)12(4)30-16/h6-8,12,22H,5,9H2,1-4H3,(H,23,25)/t12-/m1/s1. The summed E-state index contributed by atoms with van der Waals surface area (Å²) in [4.78, 5) is 52.6. The second-order valence-electron chi connectivity index (χ2n) is 6.81. The van der Waals surface area contributed by atoms with Gasteiger partial charge in [0.1, 0.15) is 5.69 Å². The molecule has 9 heteroatoms. The number of ketones is 1. The third-order valence-electron chi connectivity index (χ3n) is 4.68. The van der Waals surface area contributed by atoms with Crippen molar-refractivity contribution in [1.82, 2.24) is 4.98 Å². The van der Waals surface area contributed by atoms with Crippen molar-refractivity contribution < 1.29 is 28.7 Å². The Morgan fingerprint density at radius 1 is 1.13 bits per heavy atom. The summed E-state index contributed by atoms with van der Waals surface area (Å²) in [7, 11) is 0. The van der Waals surface area contributed by atoms with E-state index in [0.717, 1.165) is 4.90 Å². The largest absolute Gasteiger partial charge is 0.461 e. The molecule has 8 nitrogen and oxygen atoms in total. The van der Waals surface area contributed by atoms with E-state index in [2.05, 4.69) is 10.3 Å². The van der Waals surface area contributed by atoms with Gasteiger partial charge in [-0.3, -0.25) is 9.59 Å². The van der Waals surface area contributed by atoms with Gasteiger partial charge >= 0.3 is 11.9 Å². The molecule has 0 unspecified atom stereocenters. The van der Waals surface area contributed by atoms with Crippen molar-refractivity contribution in [3.05, 3.63) is 46.3 Å². The average molecular weight is 430 g/mol. The smallest absolute Gasteiger partial charge is 0.355 e. The Hall–Kier alpha value is -3.07. The summed E-state index contributed by atoms with van der Waals surface area (Å²) < 4.78 is 10.1. The van der Waals surface area contributed by atoms with E-state index < -0.39 is 24.3 Å². The normalized spacial score (nSPS) is 15.2. The Balaban J connectivity index is 1.70. The summed E-state index contributed by atoms with van der Waals surface area (Å²) in [5.41, 5.74) is 2.23. The van der Waals surface area contributed by atoms with Gasteiger partial charge in [0.2, 0.25) is 11.7 Å². The first-order chi connectivity index (χ1) is 14.2. The number of aryl methyl sites for hydroxylation is 1. The Labute approximate surface area is 177 Å². The molecule has 1 aliphatic heterocycles. The van der Waals surface area contributed by atoms with Crippen LogP contribution in [0.4, 0.5) is 5.69 Å². The van der Waals surface area contributed by atoms with Gasteiger partial charge < -0.3 is 19.8 Å². The molecule has 1 amide bonds. The van der Waals surface area contributed by atoms with Crippen LogP contribution in [0.25, 0.3) is 0 Å². The molecule has 158 valence electrons. The minimum absolute atomic E-state index is 0.135. The number of Topliss-reactive ketones (excluding diaryl/α,β-unsaturated/α-hetero) is 1. The quantitative estimate of drug-likeness (QED) is 0.534. The Morgan fingerprint density at radius 3 is 2.57 bits per heavy atom. The molecule has 3 rings (SSSR count). The lowest BCUT2D eigenvalue weighted by molar-refractivity contribution is -0.115. The number of hydrogen-bond acceptors (Lipinski definition) is 7. The van der Waals surface area contributed by atoms with Crippen LogP contribution in [0.3, 0.4) is 0 Å². The molecule has 0 fully saturated rings. The molecule has 0 saturated carbocycles. The van der Waals surface area contributed by atoms with Crippen LogP contribution in [0.15, 0.2) is 23.1 Å². The van der Waals surface area contributed by atoms with E-state index >= 15 is 0 Å². The summed E-state index contributed by atoms with van der Waals surface area (Å²) in [5.74, 6) is -1.79. The van der Waals surface area contributed by atoms with Gasteiger partial charge in [0, 0.05) is 16.2 Å². The molecule has 2 heterocycles. The molecule has 0 bridgehead atoms. The predicted molar refractivity (Wildman–Crippen MR) is 111 cm³/mol. The monoisotopic (exact) mass is 430 g/mol. The zero-order valence-corrected chi connectivity index (χ0v) is 17.9. The second-order valence-corrected chi connectivity index (χ2v) is 8.19. The Kier molecular flexibility index (Phi) is 6.31. The van der Waals surface area contributed by atoms with E-state index in [9.17, 15) is 19.2 Å². The van der Waals surface area contributed by atoms with Gasteiger partial charge in [-0.25, -0.2) is 9.59 Å². The van der Waals surface area contributed by atoms with Crippen molar-refractivity contribution in [2.24, 2.45) is 0 Å². The lowest BCUT2D eigenvalue weighted by Crippen LogP contribution is -2.26. The first kappa shape index (κ1) is 21.6. The van der Waals surface area contributed by atoms with E-state index in [4.69, 9.17) is 9.47 Å². The fourth-order valence-electron chi connectivity index (χ4n) is 3.20. The number of hydrogen-bond donors (Lipinski definition) is 2. The number of amides is 1. The van der Waals surface area contributed by atoms with Crippen LogP contribution in [0, 0.1) is 13.8 Å². The minimum Gasteiger partial charge on any atom is -0.461 e. The molecule has 0 saturated heterocycles. The van der Waals surface area contributed by atoms with Crippen molar-refractivity contribution in [2.75, 3.05) is 18.5 Å². The highest BCUT2D eigenvalue weighted by molar-refractivity contribution is 8.00. The average Bonchev–Trinajstić information content (AvgIpc) is 3.01. The number of aromatic nitrogens is 1. The fraction of sp³-hybridized carbons (Fsp3) is 0.333. The third kappa shape index (κ3) is 4.25. The number of carbonyl (C=O) groups is 4. The highest BCUT2D eigenvalue weighted by atomic mass is 32.2. The molecule has 2 N–H and O–H groups in total. The highest BCUT2D eigenvalue weighted by Gasteiger charge is 2.26. The number of rotatable bonds is 6. The number of benzene rings is 1. The van der Waals surface area contributed by atoms with Crippen molar-refractivity contribution >= 4 is 41.1 Å². The molecular weight excluding hydrogens is 408 g/mol. The van der Waals surface area contributed by atoms with Crippen LogP contribution >= 0.6 is 11.8 Å². The summed E-state index contributed by atoms with van der Waals surface area (Å²) in [6.45, 7) is 6.53. The van der Waals surface area contributed by atoms with Gasteiger partial charge in [0.05, 0.1) is 23.1 Å². The lowest BCUT2D eigenvalue weighted by Gasteiger charge is -2.21. The van der Waals surface area contributed by atoms with Crippen LogP contribution in [-0.2, 0) is 14.3 Å². The van der Waals surface area contributed by atoms with Gasteiger partial charge in [-0.05, 0) is 51.5 Å². The third-order valence-corrected chi connectivity index (χ3v) is 5.85. The number of fused-ring (bicyclic) bond motifs is 1. The Bertz CT molecular complexity index is 1040. The zero-order chi connectivity index (χ0) is 22.0. The van der Waals surface area contributed by atoms with Gasteiger partial charge in [0.15, 0.2) is 6.61 Å². The van der Waals surface area contributed by atoms with E-state index in [-0.39, 0.29) is 29.0 Å². The summed E-state index contributed by atoms with van der Waals surface area (Å²) >= 11 is 1.41. The Morgan fingerprint density at radius 2 is 1.87 bits per heavy atom. The first-order valence-corrected chi connectivity index (χ1v) is 10.3. The van der Waals surface area contributed by atoms with Crippen LogP contribution in [0.5, 0.6) is 0 Å². The van der Waals surface area contributed by atoms with Crippen molar-refractivity contribution in [1.29, 1.82) is 0 Å². The van der Waals surface area contributed by atoms with Crippen molar-refractivity contribution in [3.8, 4) is 0 Å². The molecule has 30 heavy (non-hydrogen) atoms. The van der Waals surface area contributed by atoms with Gasteiger partial charge in [-0.15, -0.1) is 11.8 Å². The van der Waals surface area contributed by atoms with Crippen LogP contribution in [-0.4, -0.2) is 47.1 Å². The highest BCUT2D eigenvalue weighted by Crippen LogP contribution is 2.36. The molecular formula is C21H22N2O6S. The summed E-state index contributed by atoms with van der Waals surface area (Å²) in [6, 6.07) is 4.86. The van der Waals surface area contributed by atoms with Gasteiger partial charge in [-0.2, -0.15) is 0 Å². The van der Waals surface area contributed by atoms with Crippen molar-refractivity contribution in [3.63, 3.8) is 0 Å². The SMILES string of the molecule is CCOC(=O)c1[nH]c(C)c(C(=O)COC(=O)c2ccc3c(c2)NC(=O)[C@@H](C)S3)c1C. The minimum atomic E-state index is -0.680. The number of carbonyl (C=O) groups excluding carboxylic acids is 4. The van der Waals surface area contributed by atoms with E-state index in [1.165, 1.54) is 17.8 Å². The maximum atomic E-state index is 12.6. The van der Waals surface area contributed by atoms with Gasteiger partial charge in [0.25, 0.3) is 0 Å². The molecule has 1 atom stereocenters. The van der Waals surface area contributed by atoms with Crippen LogP contribution < -0.4 is 5.32 Å². The second kappa shape index (κ2) is 8.74.